The zero-order chi connectivity index (χ0) is 29.4. The molecule has 2 heterocycles. The van der Waals surface area contributed by atoms with Crippen LogP contribution in [0.5, 0.6) is 5.88 Å². The number of halogens is 3. The number of nitrogens with one attached hydrogen (secondary N) is 1. The van der Waals surface area contributed by atoms with E-state index in [4.69, 9.17) is 16.3 Å². The molecule has 4 rings (SSSR count). The number of para-hydroxylation sites is 1. The summed E-state index contributed by atoms with van der Waals surface area (Å²) in [6.07, 6.45) is 7.65. The lowest BCUT2D eigenvalue weighted by atomic mass is 9.91. The molecule has 4 aromatic rings. The molecular formula is C32H29BrClFN4O2. The third-order valence-electron chi connectivity index (χ3n) is 6.50. The molecule has 9 heteroatoms. The van der Waals surface area contributed by atoms with Crippen LogP contribution >= 0.6 is 27.5 Å². The molecule has 2 aromatic heterocycles. The lowest BCUT2D eigenvalue weighted by Gasteiger charge is -2.16. The maximum Gasteiger partial charge on any atom is 0.245 e. The van der Waals surface area contributed by atoms with Gasteiger partial charge in [-0.05, 0) is 76.7 Å². The molecule has 0 atom stereocenters. The van der Waals surface area contributed by atoms with Gasteiger partial charge in [0.05, 0.1) is 28.4 Å². The number of nitrogens with zero attached hydrogens (tertiary/aromatic N) is 3. The number of ether oxygens (including phenoxy) is 1. The fourth-order valence-electron chi connectivity index (χ4n) is 4.38. The van der Waals surface area contributed by atoms with Gasteiger partial charge in [0.15, 0.2) is 0 Å². The number of fused-ring (bicyclic) bond motifs is 1. The van der Waals surface area contributed by atoms with E-state index in [1.807, 2.05) is 36.4 Å². The first-order valence-electron chi connectivity index (χ1n) is 13.1. The van der Waals surface area contributed by atoms with E-state index in [2.05, 4.69) is 32.0 Å². The Kier molecular flexibility index (Phi) is 10.3. The van der Waals surface area contributed by atoms with E-state index >= 15 is 0 Å². The highest BCUT2D eigenvalue weighted by Crippen LogP contribution is 2.40. The van der Waals surface area contributed by atoms with Crippen LogP contribution < -0.4 is 4.74 Å². The van der Waals surface area contributed by atoms with Crippen LogP contribution in [0.15, 0.2) is 77.4 Å². The quantitative estimate of drug-likeness (QED) is 0.104. The molecule has 6 nitrogen and oxygen atoms in total. The van der Waals surface area contributed by atoms with E-state index in [1.165, 1.54) is 17.0 Å². The molecular weight excluding hydrogens is 607 g/mol. The van der Waals surface area contributed by atoms with Crippen LogP contribution in [0, 0.1) is 17.1 Å². The molecule has 41 heavy (non-hydrogen) atoms. The van der Waals surface area contributed by atoms with Crippen LogP contribution in [0.3, 0.4) is 0 Å². The number of carbonyl (C=O) groups is 1. The predicted octanol–water partition coefficient (Wildman–Crippen LogP) is 7.73. The van der Waals surface area contributed by atoms with Crippen LogP contribution in [0.4, 0.5) is 4.39 Å². The monoisotopic (exact) mass is 634 g/mol. The second-order valence-electron chi connectivity index (χ2n) is 9.51. The molecule has 0 fully saturated rings. The number of aromatic nitrogens is 2. The lowest BCUT2D eigenvalue weighted by molar-refractivity contribution is -0.123. The highest BCUT2D eigenvalue weighted by molar-refractivity contribution is 9.10. The van der Waals surface area contributed by atoms with Gasteiger partial charge < -0.3 is 14.6 Å². The lowest BCUT2D eigenvalue weighted by Crippen LogP contribution is -2.18. The van der Waals surface area contributed by atoms with Crippen molar-refractivity contribution in [3.8, 4) is 11.9 Å². The first-order valence-corrected chi connectivity index (χ1v) is 14.4. The van der Waals surface area contributed by atoms with Crippen molar-refractivity contribution in [2.75, 3.05) is 26.6 Å². The van der Waals surface area contributed by atoms with Crippen LogP contribution in [0.25, 0.3) is 22.0 Å². The smallest absolute Gasteiger partial charge is 0.245 e. The number of benzene rings is 2. The summed E-state index contributed by atoms with van der Waals surface area (Å²) in [4.78, 5) is 21.1. The number of hydrogen-bond acceptors (Lipinski definition) is 4. The van der Waals surface area contributed by atoms with Gasteiger partial charge in [0.25, 0.3) is 0 Å². The van der Waals surface area contributed by atoms with Crippen molar-refractivity contribution >= 4 is 55.5 Å². The van der Waals surface area contributed by atoms with Gasteiger partial charge in [0.1, 0.15) is 5.82 Å². The van der Waals surface area contributed by atoms with Gasteiger partial charge in [-0.3, -0.25) is 4.79 Å². The second-order valence-corrected chi connectivity index (χ2v) is 10.6. The average Bonchev–Trinajstić information content (AvgIpc) is 3.31. The van der Waals surface area contributed by atoms with Crippen molar-refractivity contribution in [2.45, 2.75) is 19.3 Å². The zero-order valence-corrected chi connectivity index (χ0v) is 25.1. The molecule has 0 aliphatic heterocycles. The molecule has 0 unspecified atom stereocenters. The van der Waals surface area contributed by atoms with E-state index < -0.39 is 5.82 Å². The summed E-state index contributed by atoms with van der Waals surface area (Å²) in [5, 5.41) is 10.8. The van der Waals surface area contributed by atoms with Gasteiger partial charge in [-0.2, -0.15) is 5.26 Å². The largest absolute Gasteiger partial charge is 0.478 e. The van der Waals surface area contributed by atoms with Crippen LogP contribution in [0.1, 0.15) is 41.6 Å². The summed E-state index contributed by atoms with van der Waals surface area (Å²) in [7, 11) is 3.44. The Morgan fingerprint density at radius 3 is 2.68 bits per heavy atom. The Morgan fingerprint density at radius 1 is 1.20 bits per heavy atom. The minimum absolute atomic E-state index is 0.0287. The van der Waals surface area contributed by atoms with Gasteiger partial charge in [-0.25, -0.2) is 9.37 Å². The number of allylic oxidation sites excluding steroid dienone is 2. The molecule has 2 aromatic carbocycles. The first-order chi connectivity index (χ1) is 19.8. The second kappa shape index (κ2) is 14.1. The minimum atomic E-state index is -0.492. The van der Waals surface area contributed by atoms with Crippen molar-refractivity contribution in [1.82, 2.24) is 14.9 Å². The normalized spacial score (nSPS) is 11.9. The maximum atomic E-state index is 14.0. The molecule has 0 aliphatic rings. The Bertz CT molecular complexity index is 1640. The van der Waals surface area contributed by atoms with Crippen molar-refractivity contribution in [3.05, 3.63) is 106 Å². The number of pyridine rings is 1. The number of carbonyl (C=O) groups excluding carboxylic acids is 1. The average molecular weight is 636 g/mol. The number of nitriles is 1. The van der Waals surface area contributed by atoms with Gasteiger partial charge >= 0.3 is 0 Å². The molecule has 1 amide bonds. The number of likely N-dealkylation sites (N-methyl/N-ethyl adjacent to an activating group) is 1. The first kappa shape index (κ1) is 30.0. The molecule has 0 radical (unpaired) electrons. The van der Waals surface area contributed by atoms with E-state index in [-0.39, 0.29) is 17.4 Å². The van der Waals surface area contributed by atoms with Crippen molar-refractivity contribution < 1.29 is 13.9 Å². The number of amides is 1. The zero-order valence-electron chi connectivity index (χ0n) is 22.8. The van der Waals surface area contributed by atoms with Crippen molar-refractivity contribution in [1.29, 1.82) is 5.26 Å². The van der Waals surface area contributed by atoms with E-state index in [0.717, 1.165) is 51.5 Å². The highest BCUT2D eigenvalue weighted by Gasteiger charge is 2.22. The molecule has 0 spiro atoms. The highest BCUT2D eigenvalue weighted by atomic mass is 79.9. The molecule has 210 valence electrons. The fraction of sp³-hybridized carbons (Fsp3) is 0.219. The molecule has 0 saturated heterocycles. The summed E-state index contributed by atoms with van der Waals surface area (Å²) >= 11 is 10.3. The Balaban J connectivity index is 1.63. The molecule has 0 bridgehead atoms. The molecule has 1 N–H and O–H groups in total. The minimum Gasteiger partial charge on any atom is -0.478 e. The number of hydrogen-bond donors (Lipinski definition) is 1. The Labute approximate surface area is 252 Å². The summed E-state index contributed by atoms with van der Waals surface area (Å²) in [5.74, 6) is 0.0338. The predicted molar refractivity (Wildman–Crippen MR) is 165 cm³/mol. The number of aromatic amines is 1. The van der Waals surface area contributed by atoms with Crippen LogP contribution in [0.2, 0.25) is 0 Å². The van der Waals surface area contributed by atoms with Gasteiger partial charge in [-0.15, -0.1) is 11.6 Å². The Hall–Kier alpha value is -3.93. The van der Waals surface area contributed by atoms with E-state index in [0.29, 0.717) is 23.6 Å². The third-order valence-corrected chi connectivity index (χ3v) is 7.59. The van der Waals surface area contributed by atoms with Crippen molar-refractivity contribution in [3.63, 3.8) is 0 Å². The summed E-state index contributed by atoms with van der Waals surface area (Å²) in [6, 6.07) is 17.8. The van der Waals surface area contributed by atoms with Gasteiger partial charge in [0.2, 0.25) is 11.8 Å². The fourth-order valence-corrected chi connectivity index (χ4v) is 5.30. The number of rotatable bonds is 11. The summed E-state index contributed by atoms with van der Waals surface area (Å²) in [6.45, 7) is 0.492. The number of unbranched alkanes of at least 4 members (excludes halogenated alkanes) is 2. The third kappa shape index (κ3) is 7.24. The summed E-state index contributed by atoms with van der Waals surface area (Å²) < 4.78 is 20.7. The standard InChI is InChI=1S/C32H29BrClFN4O2/c1-39(2)29(40)11-5-3-4-8-16-41-28-15-12-21(20-37-28)30(32-31(33)25-9-6-7-10-27(25)38-32)26(18-34)24-14-13-23(35)17-22(24)19-36/h5-7,9-15,17,20,38H,3-4,8,16,18H2,1-2H3/b11-5+,30-26+. The molecule has 0 aliphatic carbocycles. The van der Waals surface area contributed by atoms with E-state index in [9.17, 15) is 14.4 Å². The maximum absolute atomic E-state index is 14.0. The van der Waals surface area contributed by atoms with Crippen LogP contribution in [-0.4, -0.2) is 47.4 Å². The summed E-state index contributed by atoms with van der Waals surface area (Å²) in [5.41, 5.74) is 4.59. The Morgan fingerprint density at radius 2 is 2.00 bits per heavy atom. The number of alkyl halides is 1. The number of H-pyrrole nitrogens is 1. The molecule has 0 saturated carbocycles. The van der Waals surface area contributed by atoms with Crippen LogP contribution in [-0.2, 0) is 4.79 Å². The van der Waals surface area contributed by atoms with Gasteiger partial charge in [-0.1, -0.05) is 30.3 Å². The van der Waals surface area contributed by atoms with Gasteiger partial charge in [0, 0.05) is 54.3 Å². The van der Waals surface area contributed by atoms with Crippen molar-refractivity contribution in [2.24, 2.45) is 0 Å². The SMILES string of the molecule is CN(C)C(=O)/C=C/CCCCOc1ccc(/C(=C(/CCl)c2ccc(F)cc2C#N)c2[nH]c3ccccc3c2Br)cn1. The van der Waals surface area contributed by atoms with E-state index in [1.54, 1.807) is 38.5 Å². The topological polar surface area (TPSA) is 82.0 Å².